The molecule has 0 saturated heterocycles. The van der Waals surface area contributed by atoms with Crippen molar-refractivity contribution in [3.63, 3.8) is 0 Å². The first-order valence-corrected chi connectivity index (χ1v) is 9.35. The topological polar surface area (TPSA) is 102 Å². The fourth-order valence-corrected chi connectivity index (χ4v) is 4.25. The molecule has 7 heteroatoms. The highest BCUT2D eigenvalue weighted by Gasteiger charge is 2.32. The van der Waals surface area contributed by atoms with Gasteiger partial charge in [0.15, 0.2) is 0 Å². The van der Waals surface area contributed by atoms with Crippen molar-refractivity contribution in [3.8, 4) is 5.75 Å². The Morgan fingerprint density at radius 2 is 2.21 bits per heavy atom. The van der Waals surface area contributed by atoms with Crippen molar-refractivity contribution >= 4 is 23.7 Å². The van der Waals surface area contributed by atoms with Gasteiger partial charge in [0.05, 0.1) is 24.8 Å². The Morgan fingerprint density at radius 3 is 2.89 bits per heavy atom. The summed E-state index contributed by atoms with van der Waals surface area (Å²) in [6.45, 7) is 1.97. The van der Waals surface area contributed by atoms with Gasteiger partial charge in [0, 0.05) is 11.1 Å². The van der Waals surface area contributed by atoms with Gasteiger partial charge in [-0.1, -0.05) is 18.1 Å². The van der Waals surface area contributed by atoms with Crippen molar-refractivity contribution in [2.75, 3.05) is 7.11 Å². The van der Waals surface area contributed by atoms with Crippen molar-refractivity contribution < 1.29 is 29.0 Å². The number of allylic oxidation sites excluding steroid dienone is 2. The average molecular weight is 385 g/mol. The monoisotopic (exact) mass is 385 g/mol. The summed E-state index contributed by atoms with van der Waals surface area (Å²) in [5.41, 5.74) is 3.70. The second-order valence-electron chi connectivity index (χ2n) is 7.14. The zero-order valence-electron chi connectivity index (χ0n) is 16.0. The van der Waals surface area contributed by atoms with Crippen LogP contribution >= 0.6 is 0 Å². The number of isocyanates is 1. The average Bonchev–Trinajstić information content (AvgIpc) is 3.05. The molecule has 2 aliphatic rings. The molecule has 1 aliphatic heterocycles. The second-order valence-corrected chi connectivity index (χ2v) is 7.14. The summed E-state index contributed by atoms with van der Waals surface area (Å²) < 4.78 is 10.7. The van der Waals surface area contributed by atoms with E-state index in [0.29, 0.717) is 28.9 Å². The van der Waals surface area contributed by atoms with E-state index in [1.807, 2.05) is 13.0 Å². The van der Waals surface area contributed by atoms with E-state index in [2.05, 4.69) is 4.99 Å². The zero-order chi connectivity index (χ0) is 20.3. The number of nitrogens with zero attached hydrogens (tertiary/aromatic N) is 1. The van der Waals surface area contributed by atoms with Gasteiger partial charge < -0.3 is 14.6 Å². The van der Waals surface area contributed by atoms with Crippen LogP contribution in [0.15, 0.2) is 16.6 Å². The van der Waals surface area contributed by atoms with Crippen LogP contribution in [0.25, 0.3) is 0 Å². The minimum atomic E-state index is -0.808. The maximum Gasteiger partial charge on any atom is 0.341 e. The van der Waals surface area contributed by atoms with E-state index >= 15 is 0 Å². The number of rotatable bonds is 6. The molecule has 0 amide bonds. The molecule has 0 radical (unpaired) electrons. The predicted molar refractivity (Wildman–Crippen MR) is 101 cm³/mol. The highest BCUT2D eigenvalue weighted by Crippen LogP contribution is 2.43. The number of hydrogen-bond donors (Lipinski definition) is 1. The number of benzene rings is 1. The third kappa shape index (κ3) is 3.71. The molecule has 0 aromatic heterocycles. The molecule has 1 saturated carbocycles. The van der Waals surface area contributed by atoms with Gasteiger partial charge >= 0.3 is 11.9 Å². The highest BCUT2D eigenvalue weighted by atomic mass is 16.5. The van der Waals surface area contributed by atoms with Crippen LogP contribution in [-0.4, -0.2) is 30.2 Å². The predicted octanol–water partition coefficient (Wildman–Crippen LogP) is 3.78. The fraction of sp³-hybridized carbons (Fsp3) is 0.476. The van der Waals surface area contributed by atoms with Gasteiger partial charge in [-0.2, -0.15) is 4.99 Å². The second kappa shape index (κ2) is 8.40. The Kier molecular flexibility index (Phi) is 5.95. The minimum Gasteiger partial charge on any atom is -0.496 e. The third-order valence-electron chi connectivity index (χ3n) is 5.59. The van der Waals surface area contributed by atoms with Crippen LogP contribution in [-0.2, 0) is 27.4 Å². The molecule has 1 aromatic rings. The van der Waals surface area contributed by atoms with Crippen LogP contribution in [0, 0.1) is 12.8 Å². The molecule has 1 heterocycles. The van der Waals surface area contributed by atoms with Crippen LogP contribution in [0.2, 0.25) is 0 Å². The standard InChI is InChI=1S/C21H23NO6/c1-12-16-10-28-21(26)18(16)19(22-11-23)15(20(12)27-2)8-7-13-5-3-4-6-14(13)9-17(24)25/h7,14H,3-6,8-10H2,1-2H3,(H,24,25)/t14-/m0/s1. The van der Waals surface area contributed by atoms with Crippen molar-refractivity contribution in [2.45, 2.75) is 52.1 Å². The lowest BCUT2D eigenvalue weighted by molar-refractivity contribution is -0.137. The quantitative estimate of drug-likeness (QED) is 0.346. The highest BCUT2D eigenvalue weighted by molar-refractivity contribution is 6.01. The number of carbonyl (C=O) groups is 2. The van der Waals surface area contributed by atoms with Crippen LogP contribution in [0.1, 0.15) is 59.2 Å². The maximum absolute atomic E-state index is 12.2. The number of cyclic esters (lactones) is 1. The van der Waals surface area contributed by atoms with E-state index in [1.54, 1.807) is 0 Å². The molecule has 1 N–H and O–H groups in total. The normalized spacial score (nSPS) is 19.7. The summed E-state index contributed by atoms with van der Waals surface area (Å²) in [5.74, 6) is -0.743. The molecule has 7 nitrogen and oxygen atoms in total. The molecule has 1 atom stereocenters. The van der Waals surface area contributed by atoms with Gasteiger partial charge in [0.2, 0.25) is 6.08 Å². The number of esters is 1. The van der Waals surface area contributed by atoms with Gasteiger partial charge in [-0.3, -0.25) is 4.79 Å². The van der Waals surface area contributed by atoms with Gasteiger partial charge in [-0.25, -0.2) is 9.59 Å². The van der Waals surface area contributed by atoms with Gasteiger partial charge in [-0.05, 0) is 44.1 Å². The van der Waals surface area contributed by atoms with Gasteiger partial charge in [-0.15, -0.1) is 0 Å². The molecule has 0 spiro atoms. The first-order valence-electron chi connectivity index (χ1n) is 9.35. The lowest BCUT2D eigenvalue weighted by Gasteiger charge is -2.24. The van der Waals surface area contributed by atoms with Gasteiger partial charge in [0.25, 0.3) is 0 Å². The Morgan fingerprint density at radius 1 is 1.43 bits per heavy atom. The summed E-state index contributed by atoms with van der Waals surface area (Å²) in [7, 11) is 1.53. The van der Waals surface area contributed by atoms with E-state index in [-0.39, 0.29) is 24.6 Å². The molecule has 0 bridgehead atoms. The van der Waals surface area contributed by atoms with Crippen molar-refractivity contribution in [1.82, 2.24) is 0 Å². The summed E-state index contributed by atoms with van der Waals surface area (Å²) in [5, 5.41) is 9.18. The molecular weight excluding hydrogens is 362 g/mol. The Labute approximate surface area is 163 Å². The largest absolute Gasteiger partial charge is 0.496 e. The van der Waals surface area contributed by atoms with Crippen LogP contribution in [0.3, 0.4) is 0 Å². The van der Waals surface area contributed by atoms with Crippen LogP contribution < -0.4 is 4.74 Å². The SMILES string of the molecule is COc1c(C)c2c(c(N=C=O)c1CC=C1CCCC[C@H]1CC(=O)O)C(=O)OC2. The zero-order valence-corrected chi connectivity index (χ0v) is 16.0. The molecular formula is C21H23NO6. The number of aliphatic carboxylic acids is 1. The van der Waals surface area contributed by atoms with Gasteiger partial charge in [0.1, 0.15) is 12.4 Å². The van der Waals surface area contributed by atoms with E-state index in [0.717, 1.165) is 36.8 Å². The first-order chi connectivity index (χ1) is 13.5. The number of carboxylic acids is 1. The lowest BCUT2D eigenvalue weighted by atomic mass is 9.81. The van der Waals surface area contributed by atoms with E-state index in [4.69, 9.17) is 9.47 Å². The number of methoxy groups -OCH3 is 1. The number of carboxylic acid groups (broad SMARTS) is 1. The lowest BCUT2D eigenvalue weighted by Crippen LogP contribution is -2.15. The Bertz CT molecular complexity index is 895. The molecule has 1 aromatic carbocycles. The van der Waals surface area contributed by atoms with E-state index < -0.39 is 11.9 Å². The summed E-state index contributed by atoms with van der Waals surface area (Å²) in [6.07, 6.45) is 7.76. The number of aliphatic imine (C=N–C) groups is 1. The smallest absolute Gasteiger partial charge is 0.341 e. The van der Waals surface area contributed by atoms with Crippen molar-refractivity contribution in [2.24, 2.45) is 10.9 Å². The number of ether oxygens (including phenoxy) is 2. The number of hydrogen-bond acceptors (Lipinski definition) is 6. The van der Waals surface area contributed by atoms with E-state index in [1.165, 1.54) is 13.2 Å². The van der Waals surface area contributed by atoms with Crippen LogP contribution in [0.5, 0.6) is 5.75 Å². The van der Waals surface area contributed by atoms with Crippen LogP contribution in [0.4, 0.5) is 5.69 Å². The summed E-state index contributed by atoms with van der Waals surface area (Å²) in [4.78, 5) is 38.2. The third-order valence-corrected chi connectivity index (χ3v) is 5.59. The molecule has 148 valence electrons. The molecule has 0 unspecified atom stereocenters. The van der Waals surface area contributed by atoms with Crippen molar-refractivity contribution in [1.29, 1.82) is 0 Å². The van der Waals surface area contributed by atoms with Crippen molar-refractivity contribution in [3.05, 3.63) is 33.9 Å². The molecule has 3 rings (SSSR count). The summed E-state index contributed by atoms with van der Waals surface area (Å²) >= 11 is 0. The minimum absolute atomic E-state index is 0.00996. The van der Waals surface area contributed by atoms with E-state index in [9.17, 15) is 19.5 Å². The fourth-order valence-electron chi connectivity index (χ4n) is 4.25. The number of carbonyl (C=O) groups excluding carboxylic acids is 2. The Hall–Kier alpha value is -2.92. The first kappa shape index (κ1) is 19.8. The molecule has 28 heavy (non-hydrogen) atoms. The molecule has 1 aliphatic carbocycles. The summed E-state index contributed by atoms with van der Waals surface area (Å²) in [6, 6.07) is 0. The number of fused-ring (bicyclic) bond motifs is 1. The molecule has 1 fully saturated rings. The Balaban J connectivity index is 2.07. The maximum atomic E-state index is 12.2.